The summed E-state index contributed by atoms with van der Waals surface area (Å²) < 4.78 is 26.5. The Morgan fingerprint density at radius 2 is 1.73 bits per heavy atom. The van der Waals surface area contributed by atoms with Crippen molar-refractivity contribution < 1.29 is 13.2 Å². The Kier molecular flexibility index (Phi) is 4.57. The van der Waals surface area contributed by atoms with Crippen LogP contribution in [-0.4, -0.2) is 22.1 Å². The van der Waals surface area contributed by atoms with E-state index in [2.05, 4.69) is 0 Å². The Labute approximate surface area is 94.4 Å². The van der Waals surface area contributed by atoms with Crippen molar-refractivity contribution in [1.82, 2.24) is 0 Å². The highest BCUT2D eigenvalue weighted by molar-refractivity contribution is 8.13. The van der Waals surface area contributed by atoms with E-state index < -0.39 is 9.05 Å². The van der Waals surface area contributed by atoms with Crippen LogP contribution in [0.2, 0.25) is 0 Å². The first-order valence-electron chi connectivity index (χ1n) is 4.50. The van der Waals surface area contributed by atoms with E-state index >= 15 is 0 Å². The summed E-state index contributed by atoms with van der Waals surface area (Å²) in [6, 6.07) is 7.31. The van der Waals surface area contributed by atoms with Crippen molar-refractivity contribution in [1.29, 1.82) is 0 Å². The Morgan fingerprint density at radius 1 is 1.20 bits per heavy atom. The third-order valence-electron chi connectivity index (χ3n) is 1.96. The van der Waals surface area contributed by atoms with Crippen molar-refractivity contribution in [2.75, 3.05) is 13.7 Å². The summed E-state index contributed by atoms with van der Waals surface area (Å²) in [6.45, 7) is 0.660. The second-order valence-electron chi connectivity index (χ2n) is 3.24. The fourth-order valence-corrected chi connectivity index (χ4v) is 2.19. The predicted molar refractivity (Wildman–Crippen MR) is 60.5 cm³/mol. The van der Waals surface area contributed by atoms with Crippen LogP contribution in [0.25, 0.3) is 0 Å². The molecule has 0 amide bonds. The minimum Gasteiger partial charge on any atom is -0.384 e. The lowest BCUT2D eigenvalue weighted by molar-refractivity contribution is 0.202. The Bertz CT molecular complexity index is 397. The topological polar surface area (TPSA) is 43.4 Å². The zero-order chi connectivity index (χ0) is 11.3. The molecule has 1 rings (SSSR count). The molecule has 0 unspecified atom stereocenters. The molecule has 0 saturated heterocycles. The molecule has 84 valence electrons. The van der Waals surface area contributed by atoms with Gasteiger partial charge in [-0.2, -0.15) is 0 Å². The van der Waals surface area contributed by atoms with Gasteiger partial charge in [0.15, 0.2) is 0 Å². The third-order valence-corrected chi connectivity index (χ3v) is 2.96. The molecule has 1 aromatic carbocycles. The molecule has 0 atom stereocenters. The molecule has 0 fully saturated rings. The fourth-order valence-electron chi connectivity index (χ4n) is 1.22. The summed E-state index contributed by atoms with van der Waals surface area (Å²) in [6.07, 6.45) is 0.824. The van der Waals surface area contributed by atoms with Crippen molar-refractivity contribution in [2.45, 2.75) is 12.2 Å². The minimum absolute atomic E-state index is 0.126. The summed E-state index contributed by atoms with van der Waals surface area (Å²) in [5.74, 6) is -0.126. The van der Waals surface area contributed by atoms with Crippen molar-refractivity contribution in [3.05, 3.63) is 35.4 Å². The lowest BCUT2D eigenvalue weighted by atomic mass is 10.1. The molecule has 0 bridgehead atoms. The van der Waals surface area contributed by atoms with E-state index in [-0.39, 0.29) is 5.75 Å². The van der Waals surface area contributed by atoms with E-state index in [0.717, 1.165) is 12.0 Å². The molecule has 1 aromatic rings. The number of rotatable bonds is 5. The van der Waals surface area contributed by atoms with Crippen LogP contribution in [0.1, 0.15) is 11.1 Å². The van der Waals surface area contributed by atoms with Crippen LogP contribution < -0.4 is 0 Å². The van der Waals surface area contributed by atoms with Gasteiger partial charge in [-0.05, 0) is 17.5 Å². The lowest BCUT2D eigenvalue weighted by Gasteiger charge is -2.02. The minimum atomic E-state index is -3.46. The maximum atomic E-state index is 10.8. The summed E-state index contributed by atoms with van der Waals surface area (Å²) in [5, 5.41) is 0. The quantitative estimate of drug-likeness (QED) is 0.748. The molecule has 0 spiro atoms. The second kappa shape index (κ2) is 5.49. The van der Waals surface area contributed by atoms with Crippen molar-refractivity contribution >= 4 is 19.7 Å². The molecular weight excluding hydrogens is 236 g/mol. The number of benzene rings is 1. The van der Waals surface area contributed by atoms with Crippen LogP contribution in [0.4, 0.5) is 0 Å². The van der Waals surface area contributed by atoms with Gasteiger partial charge in [0.25, 0.3) is 0 Å². The molecule has 0 radical (unpaired) electrons. The van der Waals surface area contributed by atoms with Gasteiger partial charge in [-0.25, -0.2) is 8.42 Å². The van der Waals surface area contributed by atoms with E-state index in [1.54, 1.807) is 19.2 Å². The van der Waals surface area contributed by atoms with Gasteiger partial charge in [0.05, 0.1) is 12.4 Å². The molecule has 0 N–H and O–H groups in total. The Hall–Kier alpha value is -0.580. The summed E-state index contributed by atoms with van der Waals surface area (Å²) in [7, 11) is 3.33. The molecule has 5 heteroatoms. The summed E-state index contributed by atoms with van der Waals surface area (Å²) in [5.41, 5.74) is 1.82. The van der Waals surface area contributed by atoms with Crippen molar-refractivity contribution in [2.24, 2.45) is 0 Å². The SMILES string of the molecule is COCCc1ccc(CS(=O)(=O)Cl)cc1. The first-order valence-corrected chi connectivity index (χ1v) is 6.98. The molecule has 3 nitrogen and oxygen atoms in total. The van der Waals surface area contributed by atoms with Gasteiger partial charge in [-0.1, -0.05) is 24.3 Å². The highest BCUT2D eigenvalue weighted by atomic mass is 35.7. The van der Waals surface area contributed by atoms with Gasteiger partial charge in [-0.3, -0.25) is 0 Å². The highest BCUT2D eigenvalue weighted by Crippen LogP contribution is 2.11. The zero-order valence-corrected chi connectivity index (χ0v) is 10.0. The molecular formula is C10H13ClO3S. The predicted octanol–water partition coefficient (Wildman–Crippen LogP) is 1.94. The summed E-state index contributed by atoms with van der Waals surface area (Å²) >= 11 is 0. The second-order valence-corrected chi connectivity index (χ2v) is 6.02. The average molecular weight is 249 g/mol. The molecule has 0 aliphatic rings. The lowest BCUT2D eigenvalue weighted by Crippen LogP contribution is -1.97. The Morgan fingerprint density at radius 3 is 2.20 bits per heavy atom. The van der Waals surface area contributed by atoms with E-state index in [4.69, 9.17) is 15.4 Å². The van der Waals surface area contributed by atoms with Gasteiger partial charge in [0, 0.05) is 17.8 Å². The molecule has 0 saturated carbocycles. The number of methoxy groups -OCH3 is 1. The van der Waals surface area contributed by atoms with E-state index in [9.17, 15) is 8.42 Å². The van der Waals surface area contributed by atoms with Gasteiger partial charge >= 0.3 is 0 Å². The molecule has 0 aromatic heterocycles. The summed E-state index contributed by atoms with van der Waals surface area (Å²) in [4.78, 5) is 0. The first-order chi connectivity index (χ1) is 7.01. The van der Waals surface area contributed by atoms with Crippen molar-refractivity contribution in [3.8, 4) is 0 Å². The van der Waals surface area contributed by atoms with E-state index in [0.29, 0.717) is 12.2 Å². The zero-order valence-electron chi connectivity index (χ0n) is 8.44. The third kappa shape index (κ3) is 5.16. The van der Waals surface area contributed by atoms with E-state index in [1.807, 2.05) is 12.1 Å². The van der Waals surface area contributed by atoms with Crippen molar-refractivity contribution in [3.63, 3.8) is 0 Å². The first kappa shape index (κ1) is 12.5. The molecule has 15 heavy (non-hydrogen) atoms. The van der Waals surface area contributed by atoms with Gasteiger partial charge in [0.1, 0.15) is 0 Å². The smallest absolute Gasteiger partial charge is 0.236 e. The monoisotopic (exact) mass is 248 g/mol. The largest absolute Gasteiger partial charge is 0.384 e. The number of hydrogen-bond acceptors (Lipinski definition) is 3. The molecule has 0 aliphatic heterocycles. The number of hydrogen-bond donors (Lipinski definition) is 0. The average Bonchev–Trinajstić information content (AvgIpc) is 2.14. The van der Waals surface area contributed by atoms with Crippen LogP contribution in [-0.2, 0) is 26.0 Å². The van der Waals surface area contributed by atoms with Gasteiger partial charge in [0.2, 0.25) is 9.05 Å². The number of halogens is 1. The van der Waals surface area contributed by atoms with Crippen LogP contribution in [0.15, 0.2) is 24.3 Å². The van der Waals surface area contributed by atoms with Crippen LogP contribution in [0.3, 0.4) is 0 Å². The van der Waals surface area contributed by atoms with Crippen LogP contribution >= 0.6 is 10.7 Å². The normalized spacial score (nSPS) is 11.6. The molecule has 0 heterocycles. The highest BCUT2D eigenvalue weighted by Gasteiger charge is 2.06. The molecule has 0 aliphatic carbocycles. The standard InChI is InChI=1S/C10H13ClO3S/c1-14-7-6-9-2-4-10(5-3-9)8-15(11,12)13/h2-5H,6-8H2,1H3. The van der Waals surface area contributed by atoms with Crippen LogP contribution in [0.5, 0.6) is 0 Å². The maximum absolute atomic E-state index is 10.8. The van der Waals surface area contributed by atoms with Gasteiger partial charge in [-0.15, -0.1) is 0 Å². The van der Waals surface area contributed by atoms with Gasteiger partial charge < -0.3 is 4.74 Å². The fraction of sp³-hybridized carbons (Fsp3) is 0.400. The number of ether oxygens (including phenoxy) is 1. The van der Waals surface area contributed by atoms with Crippen LogP contribution in [0, 0.1) is 0 Å². The van der Waals surface area contributed by atoms with E-state index in [1.165, 1.54) is 0 Å². The maximum Gasteiger partial charge on any atom is 0.236 e. The Balaban J connectivity index is 2.64.